The molecule has 0 aromatic heterocycles. The molecule has 1 aliphatic heterocycles. The Morgan fingerprint density at radius 3 is 2.05 bits per heavy atom. The van der Waals surface area contributed by atoms with Crippen LogP contribution in [0.1, 0.15) is 38.8 Å². The Bertz CT molecular complexity index is 1250. The van der Waals surface area contributed by atoms with Gasteiger partial charge in [0.2, 0.25) is 5.91 Å². The first-order valence-corrected chi connectivity index (χ1v) is 12.3. The van der Waals surface area contributed by atoms with Gasteiger partial charge in [-0.15, -0.1) is 0 Å². The van der Waals surface area contributed by atoms with E-state index in [9.17, 15) is 32.3 Å². The lowest BCUT2D eigenvalue weighted by Crippen LogP contribution is -2.73. The summed E-state index contributed by atoms with van der Waals surface area (Å²) in [6.07, 6.45) is -5.81. The van der Waals surface area contributed by atoms with E-state index in [1.807, 2.05) is 0 Å². The number of Topliss-reactive ketones (excluding diaryl/α,β-unsaturated/α-hetero) is 1. The normalized spacial score (nSPS) is 17.4. The lowest BCUT2D eigenvalue weighted by molar-refractivity contribution is -0.187. The number of rotatable bonds is 8. The number of ketones is 1. The third-order valence-corrected chi connectivity index (χ3v) is 6.16. The van der Waals surface area contributed by atoms with Crippen molar-refractivity contribution in [2.45, 2.75) is 52.0 Å². The minimum Gasteiger partial charge on any atom is -0.449 e. The number of halogens is 3. The van der Waals surface area contributed by atoms with Crippen LogP contribution in [0.5, 0.6) is 0 Å². The molecule has 0 fully saturated rings. The van der Waals surface area contributed by atoms with Crippen molar-refractivity contribution in [2.24, 2.45) is 5.92 Å². The Kier molecular flexibility index (Phi) is 8.83. The fraction of sp³-hybridized carbons (Fsp3) is 0.357. The number of nitrogens with zero attached hydrogens (tertiary/aromatic N) is 2. The van der Waals surface area contributed by atoms with Gasteiger partial charge in [-0.2, -0.15) is 13.2 Å². The summed E-state index contributed by atoms with van der Waals surface area (Å²) < 4.78 is 48.1. The molecule has 1 aliphatic rings. The zero-order chi connectivity index (χ0) is 29.0. The Balaban J connectivity index is 2.42. The van der Waals surface area contributed by atoms with Crippen molar-refractivity contribution in [1.29, 1.82) is 0 Å². The van der Waals surface area contributed by atoms with Gasteiger partial charge < -0.3 is 10.1 Å². The molecule has 3 rings (SSSR count). The van der Waals surface area contributed by atoms with E-state index in [-0.39, 0.29) is 23.4 Å². The highest BCUT2D eigenvalue weighted by Gasteiger charge is 2.61. The van der Waals surface area contributed by atoms with Crippen LogP contribution in [-0.4, -0.2) is 58.0 Å². The van der Waals surface area contributed by atoms with Crippen molar-refractivity contribution < 1.29 is 37.1 Å². The van der Waals surface area contributed by atoms with Gasteiger partial charge in [0, 0.05) is 19.5 Å². The maximum Gasteiger partial charge on any atom is 0.454 e. The molecule has 2 unspecified atom stereocenters. The molecule has 3 amide bonds. The van der Waals surface area contributed by atoms with Gasteiger partial charge in [-0.25, -0.2) is 4.79 Å². The number of alkyl halides is 3. The van der Waals surface area contributed by atoms with Crippen LogP contribution in [0.15, 0.2) is 66.9 Å². The van der Waals surface area contributed by atoms with E-state index in [2.05, 4.69) is 5.32 Å². The standard InChI is InChI=1S/C28H30F3N3O5/c1-5-39-26(38)33-17-22(21-14-10-7-11-15-21)34(24(36)23(33)18(2)3)27(32-19(4)35,25(37)28(29,30)31)16-20-12-8-6-9-13-20/h6-15,17-18,23H,5,16H2,1-4H3,(H,32,35). The summed E-state index contributed by atoms with van der Waals surface area (Å²) in [5, 5.41) is 2.20. The van der Waals surface area contributed by atoms with E-state index in [4.69, 9.17) is 4.74 Å². The van der Waals surface area contributed by atoms with Crippen LogP contribution in [0.3, 0.4) is 0 Å². The monoisotopic (exact) mass is 545 g/mol. The quantitative estimate of drug-likeness (QED) is 0.527. The Labute approximate surface area is 224 Å². The van der Waals surface area contributed by atoms with Crippen molar-refractivity contribution in [3.63, 3.8) is 0 Å². The number of benzene rings is 2. The molecular weight excluding hydrogens is 515 g/mol. The van der Waals surface area contributed by atoms with Crippen molar-refractivity contribution >= 4 is 29.4 Å². The van der Waals surface area contributed by atoms with Gasteiger partial charge in [0.25, 0.3) is 11.7 Å². The van der Waals surface area contributed by atoms with Crippen molar-refractivity contribution in [2.75, 3.05) is 6.61 Å². The minimum atomic E-state index is -5.44. The third kappa shape index (κ3) is 6.13. The lowest BCUT2D eigenvalue weighted by atomic mass is 9.87. The summed E-state index contributed by atoms with van der Waals surface area (Å²) in [5.41, 5.74) is -2.59. The number of hydrogen-bond donors (Lipinski definition) is 1. The second-order valence-electron chi connectivity index (χ2n) is 9.38. The van der Waals surface area contributed by atoms with E-state index >= 15 is 0 Å². The zero-order valence-electron chi connectivity index (χ0n) is 22.0. The zero-order valence-corrected chi connectivity index (χ0v) is 22.0. The fourth-order valence-electron chi connectivity index (χ4n) is 4.65. The van der Waals surface area contributed by atoms with Crippen LogP contribution < -0.4 is 5.32 Å². The van der Waals surface area contributed by atoms with E-state index in [1.165, 1.54) is 30.5 Å². The number of ether oxygens (including phenoxy) is 1. The van der Waals surface area contributed by atoms with Crippen molar-refractivity contribution in [3.05, 3.63) is 78.0 Å². The molecule has 0 spiro atoms. The van der Waals surface area contributed by atoms with Crippen LogP contribution >= 0.6 is 0 Å². The molecule has 0 aliphatic carbocycles. The van der Waals surface area contributed by atoms with Gasteiger partial charge in [-0.3, -0.25) is 24.2 Å². The Morgan fingerprint density at radius 1 is 1.00 bits per heavy atom. The first kappa shape index (κ1) is 29.4. The van der Waals surface area contributed by atoms with Crippen LogP contribution in [0.2, 0.25) is 0 Å². The molecule has 208 valence electrons. The predicted octanol–water partition coefficient (Wildman–Crippen LogP) is 4.52. The van der Waals surface area contributed by atoms with E-state index in [1.54, 1.807) is 57.2 Å². The first-order valence-electron chi connectivity index (χ1n) is 12.3. The number of nitrogens with one attached hydrogen (secondary N) is 1. The summed E-state index contributed by atoms with van der Waals surface area (Å²) in [6.45, 7) is 5.75. The number of hydrogen-bond acceptors (Lipinski definition) is 5. The molecule has 0 radical (unpaired) electrons. The number of carbonyl (C=O) groups excluding carboxylic acids is 4. The molecule has 2 aromatic rings. The maximum atomic E-state index is 14.3. The van der Waals surface area contributed by atoms with Gasteiger partial charge in [-0.05, 0) is 24.0 Å². The van der Waals surface area contributed by atoms with Gasteiger partial charge in [0.05, 0.1) is 12.3 Å². The fourth-order valence-corrected chi connectivity index (χ4v) is 4.65. The summed E-state index contributed by atoms with van der Waals surface area (Å²) >= 11 is 0. The lowest BCUT2D eigenvalue weighted by Gasteiger charge is -2.49. The smallest absolute Gasteiger partial charge is 0.449 e. The van der Waals surface area contributed by atoms with Crippen LogP contribution in [-0.2, 0) is 25.5 Å². The first-order chi connectivity index (χ1) is 18.3. The minimum absolute atomic E-state index is 0.0110. The molecule has 0 saturated carbocycles. The van der Waals surface area contributed by atoms with Gasteiger partial charge in [0.1, 0.15) is 6.04 Å². The summed E-state index contributed by atoms with van der Waals surface area (Å²) in [6, 6.07) is 14.3. The predicted molar refractivity (Wildman–Crippen MR) is 137 cm³/mol. The highest BCUT2D eigenvalue weighted by molar-refractivity contribution is 6.05. The summed E-state index contributed by atoms with van der Waals surface area (Å²) in [4.78, 5) is 54.8. The molecule has 8 nitrogen and oxygen atoms in total. The third-order valence-electron chi connectivity index (χ3n) is 6.16. The molecule has 39 heavy (non-hydrogen) atoms. The van der Waals surface area contributed by atoms with Crippen molar-refractivity contribution in [3.8, 4) is 0 Å². The van der Waals surface area contributed by atoms with Gasteiger partial charge in [0.15, 0.2) is 5.66 Å². The second-order valence-corrected chi connectivity index (χ2v) is 9.38. The Hall–Kier alpha value is -4.15. The second kappa shape index (κ2) is 11.7. The van der Waals surface area contributed by atoms with E-state index < -0.39 is 53.9 Å². The van der Waals surface area contributed by atoms with Crippen LogP contribution in [0.4, 0.5) is 18.0 Å². The molecular formula is C28H30F3N3O5. The average Bonchev–Trinajstić information content (AvgIpc) is 2.87. The molecule has 1 heterocycles. The summed E-state index contributed by atoms with van der Waals surface area (Å²) in [5.74, 6) is -4.89. The maximum absolute atomic E-state index is 14.3. The molecule has 0 saturated heterocycles. The molecule has 2 atom stereocenters. The average molecular weight is 546 g/mol. The Morgan fingerprint density at radius 2 is 1.56 bits per heavy atom. The van der Waals surface area contributed by atoms with Crippen LogP contribution in [0, 0.1) is 5.92 Å². The number of carbonyl (C=O) groups is 4. The van der Waals surface area contributed by atoms with E-state index in [0.717, 1.165) is 11.8 Å². The summed E-state index contributed by atoms with van der Waals surface area (Å²) in [7, 11) is 0. The van der Waals surface area contributed by atoms with E-state index in [0.29, 0.717) is 4.90 Å². The molecule has 1 N–H and O–H groups in total. The molecule has 11 heteroatoms. The van der Waals surface area contributed by atoms with Crippen LogP contribution in [0.25, 0.3) is 5.70 Å². The number of amides is 3. The SMILES string of the molecule is CCOC(=O)N1C=C(c2ccccc2)N(C(Cc2ccccc2)(NC(C)=O)C(=O)C(F)(F)F)C(=O)C1C(C)C. The van der Waals surface area contributed by atoms with Gasteiger partial charge >= 0.3 is 12.3 Å². The molecule has 0 bridgehead atoms. The molecule has 2 aromatic carbocycles. The van der Waals surface area contributed by atoms with Gasteiger partial charge in [-0.1, -0.05) is 74.5 Å². The highest BCUT2D eigenvalue weighted by atomic mass is 19.4. The largest absolute Gasteiger partial charge is 0.454 e. The van der Waals surface area contributed by atoms with Crippen molar-refractivity contribution in [1.82, 2.24) is 15.1 Å². The highest BCUT2D eigenvalue weighted by Crippen LogP contribution is 2.39. The topological polar surface area (TPSA) is 96.0 Å².